The Labute approximate surface area is 277 Å². The Kier molecular flexibility index (Phi) is 8.03. The minimum absolute atomic E-state index is 0.0251. The number of nitrogens with zero attached hydrogens (tertiary/aromatic N) is 2. The van der Waals surface area contributed by atoms with Gasteiger partial charge in [0.05, 0.1) is 35.5 Å². The maximum atomic E-state index is 14.4. The topological polar surface area (TPSA) is 103 Å². The van der Waals surface area contributed by atoms with E-state index in [4.69, 9.17) is 14.1 Å². The number of rotatable bonds is 10. The van der Waals surface area contributed by atoms with E-state index in [0.717, 1.165) is 22.9 Å². The van der Waals surface area contributed by atoms with Crippen LogP contribution in [0.25, 0.3) is 10.9 Å². The molecule has 1 saturated heterocycles. The van der Waals surface area contributed by atoms with Crippen molar-refractivity contribution in [1.29, 1.82) is 0 Å². The van der Waals surface area contributed by atoms with E-state index in [9.17, 15) is 9.59 Å². The van der Waals surface area contributed by atoms with Crippen LogP contribution < -0.4 is 10.6 Å². The maximum Gasteiger partial charge on any atom is 0.481 e. The second kappa shape index (κ2) is 11.8. The van der Waals surface area contributed by atoms with Gasteiger partial charge in [0, 0.05) is 37.0 Å². The maximum absolute atomic E-state index is 14.4. The SMILES string of the molecule is CC(C)C[C@H](NC(=O)C1(Cc2ccccc2)CC(CNC(=O)c2cn(C)c3ccccc23)=NO1)B1O[C@@H]2C[C@@H]3C[C@@H](C3(C)C)[C@]2(C)O1. The van der Waals surface area contributed by atoms with Crippen LogP contribution in [0.2, 0.25) is 0 Å². The van der Waals surface area contributed by atoms with Gasteiger partial charge in [-0.2, -0.15) is 0 Å². The van der Waals surface area contributed by atoms with E-state index in [1.54, 1.807) is 0 Å². The quantitative estimate of drug-likeness (QED) is 0.287. The lowest BCUT2D eigenvalue weighted by molar-refractivity contribution is -0.199. The highest BCUT2D eigenvalue weighted by atomic mass is 16.7. The average molecular weight is 639 g/mol. The van der Waals surface area contributed by atoms with Crippen molar-refractivity contribution < 1.29 is 23.7 Å². The molecule has 3 heterocycles. The molecule has 248 valence electrons. The summed E-state index contributed by atoms with van der Waals surface area (Å²) in [6, 6.07) is 17.7. The summed E-state index contributed by atoms with van der Waals surface area (Å²) in [6.45, 7) is 11.4. The summed E-state index contributed by atoms with van der Waals surface area (Å²) in [6.07, 6.45) is 5.31. The van der Waals surface area contributed by atoms with Crippen LogP contribution in [0, 0.1) is 23.2 Å². The number of aryl methyl sites for hydroxylation is 1. The minimum atomic E-state index is -1.27. The molecule has 3 aromatic rings. The summed E-state index contributed by atoms with van der Waals surface area (Å²) < 4.78 is 15.4. The van der Waals surface area contributed by atoms with Gasteiger partial charge in [0.2, 0.25) is 5.60 Å². The summed E-state index contributed by atoms with van der Waals surface area (Å²) >= 11 is 0. The van der Waals surface area contributed by atoms with Gasteiger partial charge in [-0.3, -0.25) is 9.59 Å². The molecular weight excluding hydrogens is 591 g/mol. The Balaban J connectivity index is 1.08. The molecule has 2 amide bonds. The van der Waals surface area contributed by atoms with Crippen LogP contribution >= 0.6 is 0 Å². The summed E-state index contributed by atoms with van der Waals surface area (Å²) in [5, 5.41) is 11.6. The van der Waals surface area contributed by atoms with Gasteiger partial charge in [-0.1, -0.05) is 81.4 Å². The van der Waals surface area contributed by atoms with Gasteiger partial charge >= 0.3 is 7.12 Å². The summed E-state index contributed by atoms with van der Waals surface area (Å²) in [5.41, 5.74) is 1.75. The molecule has 0 spiro atoms. The molecular formula is C37H47BN4O5. The van der Waals surface area contributed by atoms with Crippen molar-refractivity contribution in [2.75, 3.05) is 6.54 Å². The van der Waals surface area contributed by atoms with Gasteiger partial charge in [-0.25, -0.2) is 0 Å². The van der Waals surface area contributed by atoms with Gasteiger partial charge in [-0.05, 0) is 61.0 Å². The van der Waals surface area contributed by atoms with Crippen LogP contribution in [-0.2, 0) is 32.4 Å². The van der Waals surface area contributed by atoms with Crippen LogP contribution in [0.3, 0.4) is 0 Å². The van der Waals surface area contributed by atoms with Crippen molar-refractivity contribution in [1.82, 2.24) is 15.2 Å². The Hall–Kier alpha value is -3.63. The molecule has 9 nitrogen and oxygen atoms in total. The molecule has 47 heavy (non-hydrogen) atoms. The summed E-state index contributed by atoms with van der Waals surface area (Å²) in [4.78, 5) is 33.8. The summed E-state index contributed by atoms with van der Waals surface area (Å²) in [5.74, 6) is 0.585. The third-order valence-corrected chi connectivity index (χ3v) is 11.5. The molecule has 4 fully saturated rings. The molecule has 10 heteroatoms. The molecule has 2 N–H and O–H groups in total. The molecule has 8 rings (SSSR count). The first-order valence-electron chi connectivity index (χ1n) is 17.1. The number of benzene rings is 2. The Morgan fingerprint density at radius 1 is 1.06 bits per heavy atom. The second-order valence-electron chi connectivity index (χ2n) is 15.5. The van der Waals surface area contributed by atoms with Crippen molar-refractivity contribution >= 4 is 35.5 Å². The molecule has 2 aromatic carbocycles. The number of nitrogens with one attached hydrogen (secondary N) is 2. The highest BCUT2D eigenvalue weighted by molar-refractivity contribution is 6.48. The third-order valence-electron chi connectivity index (χ3n) is 11.5. The number of amides is 2. The van der Waals surface area contributed by atoms with Crippen LogP contribution in [0.4, 0.5) is 0 Å². The van der Waals surface area contributed by atoms with E-state index < -0.39 is 12.7 Å². The molecule has 2 bridgehead atoms. The van der Waals surface area contributed by atoms with Crippen molar-refractivity contribution in [2.24, 2.45) is 35.4 Å². The van der Waals surface area contributed by atoms with E-state index in [-0.39, 0.29) is 47.8 Å². The monoisotopic (exact) mass is 638 g/mol. The zero-order valence-corrected chi connectivity index (χ0v) is 28.4. The molecule has 1 unspecified atom stereocenters. The van der Waals surface area contributed by atoms with E-state index in [1.807, 2.05) is 72.4 Å². The summed E-state index contributed by atoms with van der Waals surface area (Å²) in [7, 11) is 1.39. The number of hydrogen-bond donors (Lipinski definition) is 2. The molecule has 3 aliphatic carbocycles. The molecule has 0 radical (unpaired) electrons. The predicted octanol–water partition coefficient (Wildman–Crippen LogP) is 5.46. The van der Waals surface area contributed by atoms with E-state index in [1.165, 1.54) is 6.42 Å². The van der Waals surface area contributed by atoms with E-state index in [2.05, 4.69) is 50.4 Å². The van der Waals surface area contributed by atoms with Crippen molar-refractivity contribution in [2.45, 2.75) is 90.0 Å². The van der Waals surface area contributed by atoms with Crippen LogP contribution in [0.15, 0.2) is 65.9 Å². The van der Waals surface area contributed by atoms with Gasteiger partial charge < -0.3 is 29.3 Å². The molecule has 5 aliphatic rings. The van der Waals surface area contributed by atoms with Crippen LogP contribution in [0.5, 0.6) is 0 Å². The fourth-order valence-corrected chi connectivity index (χ4v) is 8.78. The smallest absolute Gasteiger partial charge is 0.404 e. The Morgan fingerprint density at radius 2 is 1.81 bits per heavy atom. The number of para-hydroxylation sites is 1. The first kappa shape index (κ1) is 31.9. The normalized spacial score (nSPS) is 29.6. The van der Waals surface area contributed by atoms with Gasteiger partial charge in [0.25, 0.3) is 11.8 Å². The zero-order chi connectivity index (χ0) is 33.1. The third kappa shape index (κ3) is 5.57. The first-order chi connectivity index (χ1) is 22.4. The lowest BCUT2D eigenvalue weighted by Gasteiger charge is -2.64. The Morgan fingerprint density at radius 3 is 2.55 bits per heavy atom. The highest BCUT2D eigenvalue weighted by Crippen LogP contribution is 2.65. The van der Waals surface area contributed by atoms with E-state index >= 15 is 0 Å². The fourth-order valence-electron chi connectivity index (χ4n) is 8.78. The lowest BCUT2D eigenvalue weighted by atomic mass is 9.43. The molecule has 6 atom stereocenters. The number of carbonyl (C=O) groups excluding carboxylic acids is 2. The number of hydrogen-bond acceptors (Lipinski definition) is 6. The van der Waals surface area contributed by atoms with Gasteiger partial charge in [0.1, 0.15) is 0 Å². The van der Waals surface area contributed by atoms with Crippen molar-refractivity contribution in [3.63, 3.8) is 0 Å². The largest absolute Gasteiger partial charge is 0.481 e. The van der Waals surface area contributed by atoms with Crippen LogP contribution in [0.1, 0.15) is 76.2 Å². The average Bonchev–Trinajstić information content (AvgIpc) is 3.73. The number of carbonyl (C=O) groups is 2. The minimum Gasteiger partial charge on any atom is -0.404 e. The predicted molar refractivity (Wildman–Crippen MR) is 183 cm³/mol. The van der Waals surface area contributed by atoms with Gasteiger partial charge in [0.15, 0.2) is 0 Å². The molecule has 1 aromatic heterocycles. The first-order valence-corrected chi connectivity index (χ1v) is 17.1. The molecule has 2 aliphatic heterocycles. The fraction of sp³-hybridized carbons (Fsp3) is 0.541. The number of fused-ring (bicyclic) bond motifs is 1. The second-order valence-corrected chi connectivity index (χ2v) is 15.5. The van der Waals surface area contributed by atoms with Crippen molar-refractivity contribution in [3.8, 4) is 0 Å². The standard InChI is InChI=1S/C37H47BN4O5/c1-23(2)16-32(38-45-31-18-25-17-30(35(25,3)4)36(31,5)46-38)40-34(44)37(19-24-12-8-7-9-13-24)20-26(41-47-37)21-39-33(43)28-22-42(6)29-15-11-10-14-27(28)29/h7-15,22-23,25,30-32H,16-21H2,1-6H3,(H,39,43)(H,40,44)/t25-,30-,31+,32-,36-,37?/m0/s1. The van der Waals surface area contributed by atoms with E-state index in [0.29, 0.717) is 41.9 Å². The lowest BCUT2D eigenvalue weighted by Crippen LogP contribution is -2.65. The van der Waals surface area contributed by atoms with Crippen molar-refractivity contribution in [3.05, 3.63) is 71.9 Å². The highest BCUT2D eigenvalue weighted by Gasteiger charge is 2.68. The van der Waals surface area contributed by atoms with Gasteiger partial charge in [-0.15, -0.1) is 0 Å². The Bertz CT molecular complexity index is 1700. The number of oxime groups is 1. The van der Waals surface area contributed by atoms with Crippen LogP contribution in [-0.4, -0.2) is 59.0 Å². The number of aromatic nitrogens is 1. The molecule has 3 saturated carbocycles. The zero-order valence-electron chi connectivity index (χ0n) is 28.4.